The number of carbonyl (C=O) groups excluding carboxylic acids is 1. The maximum Gasteiger partial charge on any atom is 0.245 e. The summed E-state index contributed by atoms with van der Waals surface area (Å²) in [4.78, 5) is 11.3. The van der Waals surface area contributed by atoms with Gasteiger partial charge in [-0.15, -0.1) is 0 Å². The summed E-state index contributed by atoms with van der Waals surface area (Å²) in [6, 6.07) is 0.323. The van der Waals surface area contributed by atoms with Crippen LogP contribution < -0.4 is 11.1 Å². The number of nitrogens with one attached hydrogen (secondary N) is 1. The maximum absolute atomic E-state index is 11.3. The van der Waals surface area contributed by atoms with Crippen LogP contribution in [0.4, 0.5) is 0 Å². The number of ether oxygens (including phenoxy) is 1. The predicted octanol–water partition coefficient (Wildman–Crippen LogP) is 1.83. The first kappa shape index (κ1) is 16.4. The van der Waals surface area contributed by atoms with E-state index in [0.717, 1.165) is 45.1 Å². The Bertz CT molecular complexity index is 186. The highest BCUT2D eigenvalue weighted by atomic mass is 16.5. The van der Waals surface area contributed by atoms with Gasteiger partial charge < -0.3 is 15.8 Å². The van der Waals surface area contributed by atoms with Crippen LogP contribution in [0, 0.1) is 0 Å². The van der Waals surface area contributed by atoms with Crippen LogP contribution in [0.1, 0.15) is 52.4 Å². The zero-order valence-electron chi connectivity index (χ0n) is 11.3. The van der Waals surface area contributed by atoms with Crippen molar-refractivity contribution in [3.63, 3.8) is 0 Å². The van der Waals surface area contributed by atoms with E-state index in [4.69, 9.17) is 10.5 Å². The minimum Gasteiger partial charge on any atom is -0.372 e. The van der Waals surface area contributed by atoms with Crippen molar-refractivity contribution in [2.24, 2.45) is 5.73 Å². The van der Waals surface area contributed by atoms with Gasteiger partial charge in [0.15, 0.2) is 0 Å². The normalized spacial score (nSPS) is 12.4. The first-order valence-electron chi connectivity index (χ1n) is 6.80. The average molecular weight is 244 g/mol. The molecule has 0 fully saturated rings. The van der Waals surface area contributed by atoms with Gasteiger partial charge >= 0.3 is 0 Å². The molecule has 0 saturated heterocycles. The Kier molecular flexibility index (Phi) is 11.4. The molecule has 0 unspecified atom stereocenters. The molecule has 0 aromatic rings. The fourth-order valence-electron chi connectivity index (χ4n) is 1.63. The Morgan fingerprint density at radius 1 is 1.24 bits per heavy atom. The molecule has 0 aliphatic carbocycles. The highest BCUT2D eigenvalue weighted by molar-refractivity contribution is 5.77. The second-order valence-electron chi connectivity index (χ2n) is 4.45. The van der Waals surface area contributed by atoms with Crippen LogP contribution in [0.3, 0.4) is 0 Å². The molecule has 0 aromatic carbocycles. The lowest BCUT2D eigenvalue weighted by atomic mass is 10.1. The number of carbonyl (C=O) groups is 1. The zero-order valence-corrected chi connectivity index (χ0v) is 11.3. The number of rotatable bonds is 11. The van der Waals surface area contributed by atoms with E-state index in [1.54, 1.807) is 0 Å². The average Bonchev–Trinajstić information content (AvgIpc) is 2.29. The quantitative estimate of drug-likeness (QED) is 0.545. The zero-order chi connectivity index (χ0) is 12.9. The summed E-state index contributed by atoms with van der Waals surface area (Å²) in [5.41, 5.74) is 5.90. The van der Waals surface area contributed by atoms with E-state index in [0.29, 0.717) is 12.6 Å². The van der Waals surface area contributed by atoms with Crippen molar-refractivity contribution < 1.29 is 9.53 Å². The molecule has 0 aliphatic heterocycles. The van der Waals surface area contributed by atoms with Crippen molar-refractivity contribution in [1.82, 2.24) is 5.32 Å². The van der Waals surface area contributed by atoms with Crippen molar-refractivity contribution in [3.8, 4) is 0 Å². The van der Waals surface area contributed by atoms with Crippen LogP contribution in [0.2, 0.25) is 0 Å². The van der Waals surface area contributed by atoms with E-state index in [1.165, 1.54) is 0 Å². The summed E-state index contributed by atoms with van der Waals surface area (Å²) >= 11 is 0. The van der Waals surface area contributed by atoms with Crippen molar-refractivity contribution in [2.75, 3.05) is 19.8 Å². The van der Waals surface area contributed by atoms with Gasteiger partial charge in [-0.2, -0.15) is 0 Å². The first-order valence-corrected chi connectivity index (χ1v) is 6.80. The van der Waals surface area contributed by atoms with Crippen LogP contribution >= 0.6 is 0 Å². The molecule has 102 valence electrons. The molecule has 0 aromatic heterocycles. The molecule has 0 rings (SSSR count). The third kappa shape index (κ3) is 11.6. The Morgan fingerprint density at radius 2 is 2.00 bits per heavy atom. The van der Waals surface area contributed by atoms with Crippen molar-refractivity contribution >= 4 is 5.91 Å². The van der Waals surface area contributed by atoms with Gasteiger partial charge in [-0.3, -0.25) is 4.79 Å². The highest BCUT2D eigenvalue weighted by Crippen LogP contribution is 2.03. The third-order valence-corrected chi connectivity index (χ3v) is 2.56. The van der Waals surface area contributed by atoms with Crippen LogP contribution in [0.25, 0.3) is 0 Å². The van der Waals surface area contributed by atoms with Gasteiger partial charge in [-0.1, -0.05) is 26.7 Å². The van der Waals surface area contributed by atoms with Crippen LogP contribution in [0.15, 0.2) is 0 Å². The van der Waals surface area contributed by atoms with Gasteiger partial charge in [-0.05, 0) is 25.7 Å². The number of unbranched alkanes of at least 4 members (excludes halogenated alkanes) is 1. The Hall–Kier alpha value is -0.610. The first-order chi connectivity index (χ1) is 8.20. The Morgan fingerprint density at radius 3 is 2.65 bits per heavy atom. The topological polar surface area (TPSA) is 64.3 Å². The van der Waals surface area contributed by atoms with Gasteiger partial charge in [-0.25, -0.2) is 0 Å². The van der Waals surface area contributed by atoms with Gasteiger partial charge in [0.05, 0.1) is 0 Å². The molecule has 0 aliphatic rings. The number of nitrogens with two attached hydrogens (primary N) is 1. The summed E-state index contributed by atoms with van der Waals surface area (Å²) in [6.07, 6.45) is 6.32. The van der Waals surface area contributed by atoms with E-state index in [-0.39, 0.29) is 12.5 Å². The minimum absolute atomic E-state index is 0.0173. The lowest BCUT2D eigenvalue weighted by Gasteiger charge is -2.10. The Labute approximate surface area is 105 Å². The van der Waals surface area contributed by atoms with Crippen molar-refractivity contribution in [3.05, 3.63) is 0 Å². The van der Waals surface area contributed by atoms with E-state index < -0.39 is 0 Å². The summed E-state index contributed by atoms with van der Waals surface area (Å²) in [5.74, 6) is -0.0173. The van der Waals surface area contributed by atoms with E-state index in [2.05, 4.69) is 12.2 Å². The van der Waals surface area contributed by atoms with Gasteiger partial charge in [0.1, 0.15) is 6.61 Å². The highest BCUT2D eigenvalue weighted by Gasteiger charge is 2.02. The minimum atomic E-state index is -0.0173. The van der Waals surface area contributed by atoms with Crippen molar-refractivity contribution in [2.45, 2.75) is 58.4 Å². The lowest BCUT2D eigenvalue weighted by molar-refractivity contribution is -0.125. The largest absolute Gasteiger partial charge is 0.372 e. The molecule has 4 nitrogen and oxygen atoms in total. The number of hydrogen-bond donors (Lipinski definition) is 2. The van der Waals surface area contributed by atoms with Gasteiger partial charge in [0.25, 0.3) is 0 Å². The second kappa shape index (κ2) is 11.9. The lowest BCUT2D eigenvalue weighted by Crippen LogP contribution is -2.29. The van der Waals surface area contributed by atoms with Crippen LogP contribution in [-0.2, 0) is 9.53 Å². The summed E-state index contributed by atoms with van der Waals surface area (Å²) in [7, 11) is 0. The predicted molar refractivity (Wildman–Crippen MR) is 70.9 cm³/mol. The molecule has 0 saturated carbocycles. The fraction of sp³-hybridized carbons (Fsp3) is 0.923. The molecule has 1 atom stereocenters. The molecular weight excluding hydrogens is 216 g/mol. The summed E-state index contributed by atoms with van der Waals surface area (Å²) in [6.45, 7) is 5.74. The summed E-state index contributed by atoms with van der Waals surface area (Å²) in [5, 5.41) is 2.84. The molecule has 3 N–H and O–H groups in total. The maximum atomic E-state index is 11.3. The smallest absolute Gasteiger partial charge is 0.245 e. The third-order valence-electron chi connectivity index (χ3n) is 2.56. The van der Waals surface area contributed by atoms with Crippen LogP contribution in [-0.4, -0.2) is 31.7 Å². The molecule has 17 heavy (non-hydrogen) atoms. The monoisotopic (exact) mass is 244 g/mol. The molecule has 0 heterocycles. The SMILES string of the molecule is CCCOCC(=O)NCCCC[C@H](N)CCC. The van der Waals surface area contributed by atoms with E-state index in [1.807, 2.05) is 6.92 Å². The van der Waals surface area contributed by atoms with Gasteiger partial charge in [0, 0.05) is 19.2 Å². The standard InChI is InChI=1S/C13H28N2O2/c1-3-7-12(14)8-5-6-9-15-13(16)11-17-10-4-2/h12H,3-11,14H2,1-2H3,(H,15,16)/t12-/m1/s1. The number of hydrogen-bond acceptors (Lipinski definition) is 3. The molecule has 0 radical (unpaired) electrons. The molecule has 0 bridgehead atoms. The molecular formula is C13H28N2O2. The summed E-state index contributed by atoms with van der Waals surface area (Å²) < 4.78 is 5.14. The second-order valence-corrected chi connectivity index (χ2v) is 4.45. The number of amides is 1. The van der Waals surface area contributed by atoms with Gasteiger partial charge in [0.2, 0.25) is 5.91 Å². The van der Waals surface area contributed by atoms with Crippen molar-refractivity contribution in [1.29, 1.82) is 0 Å². The van der Waals surface area contributed by atoms with E-state index >= 15 is 0 Å². The molecule has 0 spiro atoms. The van der Waals surface area contributed by atoms with Crippen LogP contribution in [0.5, 0.6) is 0 Å². The molecule has 4 heteroatoms. The Balaban J connectivity index is 3.24. The fourth-order valence-corrected chi connectivity index (χ4v) is 1.63. The van der Waals surface area contributed by atoms with E-state index in [9.17, 15) is 4.79 Å². The molecule has 1 amide bonds.